The van der Waals surface area contributed by atoms with Gasteiger partial charge in [-0.1, -0.05) is 30.3 Å². The third-order valence-corrected chi connectivity index (χ3v) is 6.71. The molecule has 2 aromatic carbocycles. The van der Waals surface area contributed by atoms with Gasteiger partial charge < -0.3 is 9.47 Å². The number of fused-ring (bicyclic) bond motifs is 3. The molecule has 0 spiro atoms. The molecule has 1 aliphatic heterocycles. The second-order valence-corrected chi connectivity index (χ2v) is 9.55. The van der Waals surface area contributed by atoms with E-state index in [-0.39, 0.29) is 11.2 Å². The second kappa shape index (κ2) is 8.46. The SMILES string of the molecule is COc1ccc(-n2c(NN=Cc3ccccc3)nc3sc4c(c3c2=O)CC(C)(C)OC4)cc1. The summed E-state index contributed by atoms with van der Waals surface area (Å²) in [5.74, 6) is 1.06. The highest BCUT2D eigenvalue weighted by Gasteiger charge is 2.31. The van der Waals surface area contributed by atoms with Crippen molar-refractivity contribution >= 4 is 33.7 Å². The molecule has 5 rings (SSSR count). The van der Waals surface area contributed by atoms with Crippen molar-refractivity contribution in [1.29, 1.82) is 0 Å². The van der Waals surface area contributed by atoms with Gasteiger partial charge in [0.1, 0.15) is 10.6 Å². The molecule has 33 heavy (non-hydrogen) atoms. The van der Waals surface area contributed by atoms with Crippen molar-refractivity contribution in [2.45, 2.75) is 32.5 Å². The Morgan fingerprint density at radius 1 is 1.18 bits per heavy atom. The minimum Gasteiger partial charge on any atom is -0.497 e. The van der Waals surface area contributed by atoms with E-state index < -0.39 is 0 Å². The van der Waals surface area contributed by atoms with Crippen LogP contribution in [0.2, 0.25) is 0 Å². The number of nitrogens with one attached hydrogen (secondary N) is 1. The first-order valence-corrected chi connectivity index (χ1v) is 11.5. The maximum Gasteiger partial charge on any atom is 0.268 e. The molecule has 7 nitrogen and oxygen atoms in total. The Labute approximate surface area is 195 Å². The van der Waals surface area contributed by atoms with Gasteiger partial charge >= 0.3 is 0 Å². The van der Waals surface area contributed by atoms with Crippen LogP contribution in [0.1, 0.15) is 29.9 Å². The van der Waals surface area contributed by atoms with Crippen LogP contribution in [-0.2, 0) is 17.8 Å². The molecule has 0 radical (unpaired) electrons. The third kappa shape index (κ3) is 4.15. The van der Waals surface area contributed by atoms with Crippen molar-refractivity contribution < 1.29 is 9.47 Å². The van der Waals surface area contributed by atoms with E-state index in [0.717, 1.165) is 16.0 Å². The predicted octanol–water partition coefficient (Wildman–Crippen LogP) is 4.75. The second-order valence-electron chi connectivity index (χ2n) is 8.46. The lowest BCUT2D eigenvalue weighted by atomic mass is 9.94. The van der Waals surface area contributed by atoms with Crippen molar-refractivity contribution in [1.82, 2.24) is 9.55 Å². The number of hydrogen-bond acceptors (Lipinski definition) is 7. The minimum absolute atomic E-state index is 0.127. The van der Waals surface area contributed by atoms with Gasteiger partial charge in [-0.25, -0.2) is 15.0 Å². The van der Waals surface area contributed by atoms with Gasteiger partial charge in [0, 0.05) is 11.3 Å². The number of nitrogens with zero attached hydrogens (tertiary/aromatic N) is 3. The van der Waals surface area contributed by atoms with Gasteiger partial charge in [-0.3, -0.25) is 4.79 Å². The molecule has 8 heteroatoms. The van der Waals surface area contributed by atoms with Crippen molar-refractivity contribution in [2.24, 2.45) is 5.10 Å². The summed E-state index contributed by atoms with van der Waals surface area (Å²) in [4.78, 5) is 20.4. The fourth-order valence-corrected chi connectivity index (χ4v) is 5.04. The van der Waals surface area contributed by atoms with Crippen LogP contribution in [0.5, 0.6) is 5.75 Å². The summed E-state index contributed by atoms with van der Waals surface area (Å²) >= 11 is 1.51. The van der Waals surface area contributed by atoms with E-state index in [1.807, 2.05) is 68.4 Å². The predicted molar refractivity (Wildman–Crippen MR) is 132 cm³/mol. The number of methoxy groups -OCH3 is 1. The van der Waals surface area contributed by atoms with Crippen LogP contribution in [0.3, 0.4) is 0 Å². The number of thiophene rings is 1. The quantitative estimate of drug-likeness (QED) is 0.343. The van der Waals surface area contributed by atoms with Gasteiger partial charge in [0.2, 0.25) is 5.95 Å². The van der Waals surface area contributed by atoms with Crippen LogP contribution in [0, 0.1) is 0 Å². The molecule has 0 aliphatic carbocycles. The summed E-state index contributed by atoms with van der Waals surface area (Å²) in [5, 5.41) is 5.00. The molecule has 3 heterocycles. The van der Waals surface area contributed by atoms with Crippen LogP contribution in [0.4, 0.5) is 5.95 Å². The molecule has 0 atom stereocenters. The lowest BCUT2D eigenvalue weighted by Gasteiger charge is -2.29. The van der Waals surface area contributed by atoms with Crippen molar-refractivity contribution in [3.8, 4) is 11.4 Å². The average molecular weight is 461 g/mol. The lowest BCUT2D eigenvalue weighted by molar-refractivity contribution is -0.0379. The largest absolute Gasteiger partial charge is 0.497 e. The summed E-state index contributed by atoms with van der Waals surface area (Å²) < 4.78 is 12.8. The number of ether oxygens (including phenoxy) is 2. The van der Waals surface area contributed by atoms with E-state index in [1.54, 1.807) is 17.9 Å². The van der Waals surface area contributed by atoms with E-state index in [2.05, 4.69) is 10.5 Å². The van der Waals surface area contributed by atoms with Crippen LogP contribution in [-0.4, -0.2) is 28.5 Å². The minimum atomic E-state index is -0.324. The molecule has 0 saturated heterocycles. The zero-order valence-electron chi connectivity index (χ0n) is 18.7. The van der Waals surface area contributed by atoms with Gasteiger partial charge in [0.25, 0.3) is 5.56 Å². The summed E-state index contributed by atoms with van der Waals surface area (Å²) in [5.41, 5.74) is 5.19. The van der Waals surface area contributed by atoms with Gasteiger partial charge in [-0.15, -0.1) is 11.3 Å². The first-order valence-electron chi connectivity index (χ1n) is 10.6. The van der Waals surface area contributed by atoms with Gasteiger partial charge in [-0.2, -0.15) is 5.10 Å². The highest BCUT2D eigenvalue weighted by molar-refractivity contribution is 7.18. The summed E-state index contributed by atoms with van der Waals surface area (Å²) in [7, 11) is 1.61. The van der Waals surface area contributed by atoms with Crippen molar-refractivity contribution in [2.75, 3.05) is 12.5 Å². The molecule has 4 aromatic rings. The molecular formula is C25H24N4O3S. The van der Waals surface area contributed by atoms with Crippen molar-refractivity contribution in [3.05, 3.63) is 81.0 Å². The van der Waals surface area contributed by atoms with Crippen LogP contribution >= 0.6 is 11.3 Å². The Bertz CT molecular complexity index is 1390. The zero-order chi connectivity index (χ0) is 23.0. The Balaban J connectivity index is 1.65. The fourth-order valence-electron chi connectivity index (χ4n) is 3.94. The molecule has 0 unspecified atom stereocenters. The Morgan fingerprint density at radius 3 is 2.67 bits per heavy atom. The topological polar surface area (TPSA) is 77.7 Å². The highest BCUT2D eigenvalue weighted by atomic mass is 32.1. The smallest absolute Gasteiger partial charge is 0.268 e. The molecule has 1 N–H and O–H groups in total. The highest BCUT2D eigenvalue weighted by Crippen LogP contribution is 2.37. The third-order valence-electron chi connectivity index (χ3n) is 5.61. The molecule has 168 valence electrons. The summed E-state index contributed by atoms with van der Waals surface area (Å²) in [6.45, 7) is 4.58. The number of anilines is 1. The van der Waals surface area contributed by atoms with Crippen LogP contribution < -0.4 is 15.7 Å². The van der Waals surface area contributed by atoms with Gasteiger partial charge in [-0.05, 0) is 49.2 Å². The lowest BCUT2D eigenvalue weighted by Crippen LogP contribution is -2.32. The number of benzene rings is 2. The molecule has 1 aliphatic rings. The van der Waals surface area contributed by atoms with Crippen LogP contribution in [0.25, 0.3) is 15.9 Å². The first kappa shape index (κ1) is 21.4. The number of hydrogen-bond donors (Lipinski definition) is 1. The molecular weight excluding hydrogens is 436 g/mol. The Kier molecular flexibility index (Phi) is 5.47. The number of hydrazone groups is 1. The maximum absolute atomic E-state index is 13.8. The first-order chi connectivity index (χ1) is 15.9. The number of rotatable bonds is 5. The van der Waals surface area contributed by atoms with E-state index in [0.29, 0.717) is 40.6 Å². The summed E-state index contributed by atoms with van der Waals surface area (Å²) in [6.07, 6.45) is 2.37. The number of aromatic nitrogens is 2. The molecule has 0 fully saturated rings. The Hall–Kier alpha value is -3.49. The summed E-state index contributed by atoms with van der Waals surface area (Å²) in [6, 6.07) is 17.1. The Morgan fingerprint density at radius 2 is 1.94 bits per heavy atom. The molecule has 2 aromatic heterocycles. The van der Waals surface area contributed by atoms with Crippen LogP contribution in [0.15, 0.2) is 64.5 Å². The van der Waals surface area contributed by atoms with Gasteiger partial charge in [0.15, 0.2) is 0 Å². The zero-order valence-corrected chi connectivity index (χ0v) is 19.5. The van der Waals surface area contributed by atoms with E-state index in [1.165, 1.54) is 11.3 Å². The van der Waals surface area contributed by atoms with E-state index >= 15 is 0 Å². The molecule has 0 amide bonds. The van der Waals surface area contributed by atoms with E-state index in [4.69, 9.17) is 14.5 Å². The monoisotopic (exact) mass is 460 g/mol. The molecule has 0 bridgehead atoms. The normalized spacial score (nSPS) is 15.0. The fraction of sp³-hybridized carbons (Fsp3) is 0.240. The standard InChI is InChI=1S/C25H24N4O3S/c1-25(2)13-19-20(15-32-25)33-22-21(19)23(30)29(17-9-11-18(31-3)12-10-17)24(27-22)28-26-14-16-7-5-4-6-8-16/h4-12,14H,13,15H2,1-3H3,(H,27,28). The van der Waals surface area contributed by atoms with Gasteiger partial charge in [0.05, 0.1) is 36.6 Å². The van der Waals surface area contributed by atoms with Crippen molar-refractivity contribution in [3.63, 3.8) is 0 Å². The average Bonchev–Trinajstić information content (AvgIpc) is 3.17. The molecule has 0 saturated carbocycles. The maximum atomic E-state index is 13.8. The van der Waals surface area contributed by atoms with E-state index in [9.17, 15) is 4.79 Å².